The van der Waals surface area contributed by atoms with Gasteiger partial charge in [-0.1, -0.05) is 0 Å². The van der Waals surface area contributed by atoms with Crippen LogP contribution in [-0.4, -0.2) is 30.1 Å². The van der Waals surface area contributed by atoms with Gasteiger partial charge in [-0.2, -0.15) is 0 Å². The molecule has 98 valence electrons. The van der Waals surface area contributed by atoms with Crippen LogP contribution in [0.1, 0.15) is 40.3 Å². The van der Waals surface area contributed by atoms with Gasteiger partial charge >= 0.3 is 11.9 Å². The number of hydrogen-bond donors (Lipinski definition) is 0. The first-order valence-electron chi connectivity index (χ1n) is 5.53. The van der Waals surface area contributed by atoms with Gasteiger partial charge in [-0.3, -0.25) is 4.98 Å². The smallest absolute Gasteiger partial charge is 0.340 e. The van der Waals surface area contributed by atoms with Crippen LogP contribution >= 0.6 is 11.6 Å². The van der Waals surface area contributed by atoms with E-state index < -0.39 is 11.9 Å². The van der Waals surface area contributed by atoms with Gasteiger partial charge in [-0.05, 0) is 19.9 Å². The molecule has 18 heavy (non-hydrogen) atoms. The Hall–Kier alpha value is -1.62. The fraction of sp³-hybridized carbons (Fsp3) is 0.417. The molecule has 0 aromatic carbocycles. The first-order chi connectivity index (χ1) is 8.63. The monoisotopic (exact) mass is 271 g/mol. The molecule has 1 heterocycles. The summed E-state index contributed by atoms with van der Waals surface area (Å²) in [5, 5.41) is 0. The van der Waals surface area contributed by atoms with E-state index in [2.05, 4.69) is 4.98 Å². The minimum Gasteiger partial charge on any atom is -0.462 e. The molecule has 5 nitrogen and oxygen atoms in total. The number of aromatic nitrogens is 1. The number of pyridine rings is 1. The fourth-order valence-electron chi connectivity index (χ4n) is 1.31. The maximum atomic E-state index is 11.7. The Morgan fingerprint density at radius 1 is 1.22 bits per heavy atom. The summed E-state index contributed by atoms with van der Waals surface area (Å²) in [6, 6.07) is 1.39. The van der Waals surface area contributed by atoms with Crippen LogP contribution in [0.15, 0.2) is 12.3 Å². The Bertz CT molecular complexity index is 448. The van der Waals surface area contributed by atoms with Gasteiger partial charge in [0, 0.05) is 6.20 Å². The van der Waals surface area contributed by atoms with E-state index in [9.17, 15) is 9.59 Å². The molecule has 0 atom stereocenters. The summed E-state index contributed by atoms with van der Waals surface area (Å²) in [6.45, 7) is 3.89. The van der Waals surface area contributed by atoms with E-state index in [0.717, 1.165) is 0 Å². The highest BCUT2D eigenvalue weighted by Crippen LogP contribution is 2.14. The van der Waals surface area contributed by atoms with E-state index in [-0.39, 0.29) is 30.2 Å². The van der Waals surface area contributed by atoms with Crippen LogP contribution in [0, 0.1) is 0 Å². The maximum Gasteiger partial charge on any atom is 0.340 e. The number of nitrogens with zero attached hydrogens (tertiary/aromatic N) is 1. The van der Waals surface area contributed by atoms with Gasteiger partial charge in [0.2, 0.25) is 0 Å². The lowest BCUT2D eigenvalue weighted by Crippen LogP contribution is -2.12. The molecule has 1 aromatic heterocycles. The van der Waals surface area contributed by atoms with Gasteiger partial charge in [0.25, 0.3) is 0 Å². The van der Waals surface area contributed by atoms with E-state index >= 15 is 0 Å². The summed E-state index contributed by atoms with van der Waals surface area (Å²) in [5.74, 6) is -1.01. The lowest BCUT2D eigenvalue weighted by molar-refractivity contribution is 0.0523. The molecule has 0 saturated heterocycles. The lowest BCUT2D eigenvalue weighted by atomic mass is 10.1. The van der Waals surface area contributed by atoms with E-state index in [1.165, 1.54) is 12.3 Å². The highest BCUT2D eigenvalue weighted by molar-refractivity contribution is 6.17. The summed E-state index contributed by atoms with van der Waals surface area (Å²) >= 11 is 5.68. The third-order valence-electron chi connectivity index (χ3n) is 2.10. The molecule has 1 rings (SSSR count). The first kappa shape index (κ1) is 14.4. The molecule has 0 saturated carbocycles. The Morgan fingerprint density at radius 3 is 2.39 bits per heavy atom. The van der Waals surface area contributed by atoms with Gasteiger partial charge in [0.05, 0.1) is 35.9 Å². The van der Waals surface area contributed by atoms with Gasteiger partial charge in [-0.25, -0.2) is 9.59 Å². The van der Waals surface area contributed by atoms with Crippen LogP contribution in [0.25, 0.3) is 0 Å². The molecule has 0 spiro atoms. The van der Waals surface area contributed by atoms with Crippen LogP contribution in [0.5, 0.6) is 0 Å². The molecular weight excluding hydrogens is 258 g/mol. The van der Waals surface area contributed by atoms with E-state index in [0.29, 0.717) is 5.69 Å². The molecule has 0 bridgehead atoms. The third-order valence-corrected chi connectivity index (χ3v) is 2.36. The van der Waals surface area contributed by atoms with E-state index in [1.54, 1.807) is 13.8 Å². The number of alkyl halides is 1. The number of rotatable bonds is 5. The van der Waals surface area contributed by atoms with Crippen molar-refractivity contribution in [1.29, 1.82) is 0 Å². The lowest BCUT2D eigenvalue weighted by Gasteiger charge is -2.08. The summed E-state index contributed by atoms with van der Waals surface area (Å²) in [4.78, 5) is 27.2. The van der Waals surface area contributed by atoms with Crippen molar-refractivity contribution in [2.45, 2.75) is 19.7 Å². The second kappa shape index (κ2) is 6.96. The zero-order chi connectivity index (χ0) is 13.5. The number of ether oxygens (including phenoxy) is 2. The molecule has 6 heteroatoms. The number of hydrogen-bond acceptors (Lipinski definition) is 5. The second-order valence-corrected chi connectivity index (χ2v) is 3.56. The maximum absolute atomic E-state index is 11.7. The van der Waals surface area contributed by atoms with Crippen LogP contribution in [0.3, 0.4) is 0 Å². The van der Waals surface area contributed by atoms with Gasteiger partial charge in [0.1, 0.15) is 0 Å². The van der Waals surface area contributed by atoms with Crippen molar-refractivity contribution in [3.8, 4) is 0 Å². The van der Waals surface area contributed by atoms with Crippen LogP contribution in [0.2, 0.25) is 0 Å². The Morgan fingerprint density at radius 2 is 1.83 bits per heavy atom. The van der Waals surface area contributed by atoms with Crippen molar-refractivity contribution in [2.75, 3.05) is 13.2 Å². The first-order valence-corrected chi connectivity index (χ1v) is 6.06. The summed E-state index contributed by atoms with van der Waals surface area (Å²) in [6.07, 6.45) is 1.33. The van der Waals surface area contributed by atoms with E-state index in [4.69, 9.17) is 21.1 Å². The summed E-state index contributed by atoms with van der Waals surface area (Å²) in [7, 11) is 0. The normalized spacial score (nSPS) is 9.94. The quantitative estimate of drug-likeness (QED) is 0.607. The van der Waals surface area contributed by atoms with Gasteiger partial charge in [-0.15, -0.1) is 11.6 Å². The molecule has 0 fully saturated rings. The average molecular weight is 272 g/mol. The second-order valence-electron chi connectivity index (χ2n) is 3.29. The molecule has 0 aliphatic heterocycles. The standard InChI is InChI=1S/C12H14ClNO4/c1-3-17-11(15)8-5-9(12(16)18-4-2)10(6-13)14-7-8/h5,7H,3-4,6H2,1-2H3. The molecule has 0 amide bonds. The Balaban J connectivity index is 3.09. The van der Waals surface area contributed by atoms with E-state index in [1.807, 2.05) is 0 Å². The predicted octanol–water partition coefficient (Wildman–Crippen LogP) is 2.17. The number of carbonyl (C=O) groups excluding carboxylic acids is 2. The van der Waals surface area contributed by atoms with Crippen molar-refractivity contribution >= 4 is 23.5 Å². The predicted molar refractivity (Wildman–Crippen MR) is 65.7 cm³/mol. The largest absolute Gasteiger partial charge is 0.462 e. The van der Waals surface area contributed by atoms with Crippen molar-refractivity contribution < 1.29 is 19.1 Å². The zero-order valence-corrected chi connectivity index (χ0v) is 11.0. The number of esters is 2. The van der Waals surface area contributed by atoms with Crippen molar-refractivity contribution in [3.63, 3.8) is 0 Å². The Kier molecular flexibility index (Phi) is 5.58. The number of carbonyl (C=O) groups is 2. The molecule has 0 aliphatic rings. The zero-order valence-electron chi connectivity index (χ0n) is 10.2. The fourth-order valence-corrected chi connectivity index (χ4v) is 1.52. The molecular formula is C12H14ClNO4. The third kappa shape index (κ3) is 3.43. The minimum atomic E-state index is -0.549. The van der Waals surface area contributed by atoms with Crippen LogP contribution in [0.4, 0.5) is 0 Å². The molecule has 0 unspecified atom stereocenters. The average Bonchev–Trinajstić information content (AvgIpc) is 2.38. The molecule has 0 N–H and O–H groups in total. The Labute approximate surface area is 110 Å². The summed E-state index contributed by atoms with van der Waals surface area (Å²) in [5.41, 5.74) is 0.773. The van der Waals surface area contributed by atoms with Crippen molar-refractivity contribution in [2.24, 2.45) is 0 Å². The highest BCUT2D eigenvalue weighted by Gasteiger charge is 2.17. The van der Waals surface area contributed by atoms with Gasteiger partial charge in [0.15, 0.2) is 0 Å². The molecule has 0 radical (unpaired) electrons. The van der Waals surface area contributed by atoms with Crippen molar-refractivity contribution in [1.82, 2.24) is 4.98 Å². The SMILES string of the molecule is CCOC(=O)c1cnc(CCl)c(C(=O)OCC)c1. The molecule has 0 aliphatic carbocycles. The van der Waals surface area contributed by atoms with Crippen LogP contribution in [-0.2, 0) is 15.4 Å². The van der Waals surface area contributed by atoms with Crippen molar-refractivity contribution in [3.05, 3.63) is 29.1 Å². The van der Waals surface area contributed by atoms with Gasteiger partial charge < -0.3 is 9.47 Å². The highest BCUT2D eigenvalue weighted by atomic mass is 35.5. The number of halogens is 1. The minimum absolute atomic E-state index is 0.0667. The summed E-state index contributed by atoms with van der Waals surface area (Å²) < 4.78 is 9.71. The topological polar surface area (TPSA) is 65.5 Å². The molecule has 1 aromatic rings. The van der Waals surface area contributed by atoms with Crippen LogP contribution < -0.4 is 0 Å².